The van der Waals surface area contributed by atoms with E-state index in [1.807, 2.05) is 12.1 Å². The number of fused-ring (bicyclic) bond motifs is 2. The molecule has 2 aromatic heterocycles. The zero-order valence-corrected chi connectivity index (χ0v) is 16.0. The smallest absolute Gasteiger partial charge is 0.335 e. The van der Waals surface area contributed by atoms with Crippen molar-refractivity contribution < 1.29 is 18.7 Å². The molecule has 0 saturated heterocycles. The highest BCUT2D eigenvalue weighted by Crippen LogP contribution is 2.29. The van der Waals surface area contributed by atoms with E-state index in [1.165, 1.54) is 23.3 Å². The average Bonchev–Trinajstić information content (AvgIpc) is 3.45. The first kappa shape index (κ1) is 18.4. The number of halogens is 1. The molecule has 1 aliphatic carbocycles. The van der Waals surface area contributed by atoms with Gasteiger partial charge in [0.15, 0.2) is 11.6 Å². The van der Waals surface area contributed by atoms with E-state index in [9.17, 15) is 14.3 Å². The predicted molar refractivity (Wildman–Crippen MR) is 109 cm³/mol. The summed E-state index contributed by atoms with van der Waals surface area (Å²) in [6.45, 7) is -0.578. The van der Waals surface area contributed by atoms with Crippen LogP contribution in [0, 0.1) is 0 Å². The third-order valence-corrected chi connectivity index (χ3v) is 5.41. The number of carbonyl (C=O) groups is 1. The molecule has 2 heterocycles. The number of alkyl halides is 1. The molecule has 2 aromatic carbocycles. The van der Waals surface area contributed by atoms with Crippen LogP contribution in [-0.4, -0.2) is 38.3 Å². The first-order chi connectivity index (χ1) is 14.6. The van der Waals surface area contributed by atoms with Gasteiger partial charge in [-0.15, -0.1) is 0 Å². The summed E-state index contributed by atoms with van der Waals surface area (Å²) < 4.78 is 20.7. The van der Waals surface area contributed by atoms with Gasteiger partial charge >= 0.3 is 5.97 Å². The third kappa shape index (κ3) is 3.20. The topological polar surface area (TPSA) is 93.2 Å². The summed E-state index contributed by atoms with van der Waals surface area (Å²) >= 11 is 0. The third-order valence-electron chi connectivity index (χ3n) is 5.41. The summed E-state index contributed by atoms with van der Waals surface area (Å²) in [5.74, 6) is -0.231. The molecule has 0 unspecified atom stereocenters. The van der Waals surface area contributed by atoms with Gasteiger partial charge in [0.2, 0.25) is 0 Å². The van der Waals surface area contributed by atoms with E-state index in [0.717, 1.165) is 12.8 Å². The van der Waals surface area contributed by atoms with Crippen LogP contribution in [0.25, 0.3) is 22.6 Å². The summed E-state index contributed by atoms with van der Waals surface area (Å²) in [6.07, 6.45) is 3.34. The van der Waals surface area contributed by atoms with Crippen LogP contribution in [0.1, 0.15) is 21.5 Å². The Bertz CT molecular complexity index is 1220. The van der Waals surface area contributed by atoms with Crippen molar-refractivity contribution in [1.82, 2.24) is 14.5 Å². The zero-order chi connectivity index (χ0) is 20.7. The van der Waals surface area contributed by atoms with E-state index in [4.69, 9.17) is 4.42 Å². The molecule has 0 radical (unpaired) electrons. The van der Waals surface area contributed by atoms with Crippen molar-refractivity contribution in [1.29, 1.82) is 0 Å². The molecule has 0 atom stereocenters. The average molecular weight is 406 g/mol. The number of nitrogens with zero attached hydrogens (tertiary/aromatic N) is 3. The summed E-state index contributed by atoms with van der Waals surface area (Å²) in [5.41, 5.74) is 3.87. The number of hydrogen-bond acceptors (Lipinski definition) is 5. The van der Waals surface area contributed by atoms with Crippen molar-refractivity contribution in [3.05, 3.63) is 65.4 Å². The van der Waals surface area contributed by atoms with Crippen molar-refractivity contribution in [3.8, 4) is 11.6 Å². The van der Waals surface area contributed by atoms with Gasteiger partial charge in [0.05, 0.1) is 29.3 Å². The van der Waals surface area contributed by atoms with Gasteiger partial charge < -0.3 is 19.4 Å². The Morgan fingerprint density at radius 2 is 2.00 bits per heavy atom. The molecule has 0 aliphatic heterocycles. The number of aromatic carboxylic acids is 1. The summed E-state index contributed by atoms with van der Waals surface area (Å²) in [7, 11) is 0. The molecule has 2 N–H and O–H groups in total. The minimum atomic E-state index is -1.05. The lowest BCUT2D eigenvalue weighted by Crippen LogP contribution is -2.19. The Kier molecular flexibility index (Phi) is 4.46. The second-order valence-electron chi connectivity index (χ2n) is 7.33. The number of carboxylic acids is 1. The summed E-state index contributed by atoms with van der Waals surface area (Å²) in [5, 5.41) is 12.6. The second kappa shape index (κ2) is 7.29. The van der Waals surface area contributed by atoms with Crippen LogP contribution in [0.2, 0.25) is 0 Å². The molecule has 30 heavy (non-hydrogen) atoms. The van der Waals surface area contributed by atoms with E-state index in [2.05, 4.69) is 27.4 Å². The van der Waals surface area contributed by atoms with Gasteiger partial charge in [0.1, 0.15) is 6.67 Å². The Hall–Kier alpha value is -3.68. The van der Waals surface area contributed by atoms with Crippen molar-refractivity contribution in [2.24, 2.45) is 0 Å². The summed E-state index contributed by atoms with van der Waals surface area (Å²) in [4.78, 5) is 20.1. The minimum Gasteiger partial charge on any atom is -0.478 e. The van der Waals surface area contributed by atoms with Crippen LogP contribution in [-0.2, 0) is 19.4 Å². The van der Waals surface area contributed by atoms with E-state index in [0.29, 0.717) is 28.6 Å². The van der Waals surface area contributed by atoms with E-state index < -0.39 is 12.6 Å². The van der Waals surface area contributed by atoms with E-state index >= 15 is 0 Å². The maximum Gasteiger partial charge on any atom is 0.335 e. The molecule has 152 valence electrons. The van der Waals surface area contributed by atoms with Crippen molar-refractivity contribution >= 4 is 23.0 Å². The van der Waals surface area contributed by atoms with Crippen LogP contribution in [0.15, 0.2) is 53.1 Å². The van der Waals surface area contributed by atoms with Crippen LogP contribution in [0.3, 0.4) is 0 Å². The number of imidazole rings is 1. The van der Waals surface area contributed by atoms with Crippen molar-refractivity contribution in [3.63, 3.8) is 0 Å². The molecule has 1 aliphatic rings. The van der Waals surface area contributed by atoms with Gasteiger partial charge in [0.25, 0.3) is 6.01 Å². The van der Waals surface area contributed by atoms with Crippen LogP contribution < -0.4 is 5.32 Å². The fourth-order valence-electron chi connectivity index (χ4n) is 4.03. The standard InChI is InChI=1S/C22H19FN4O3/c23-7-8-27-18-11-15(21(28)29)5-6-17(18)26-20(27)19-12-24-22(30-19)25-16-9-13-3-1-2-4-14(13)10-16/h1-6,11-12,16H,7-10H2,(H,24,25)(H,28,29). The molecule has 0 amide bonds. The molecular formula is C22H19FN4O3. The van der Waals surface area contributed by atoms with Crippen LogP contribution >= 0.6 is 0 Å². The van der Waals surface area contributed by atoms with Gasteiger partial charge in [-0.2, -0.15) is 0 Å². The lowest BCUT2D eigenvalue weighted by atomic mass is 10.1. The fraction of sp³-hybridized carbons (Fsp3) is 0.227. The molecule has 0 spiro atoms. The van der Waals surface area contributed by atoms with Crippen LogP contribution in [0.5, 0.6) is 0 Å². The number of nitrogens with one attached hydrogen (secondary N) is 1. The minimum absolute atomic E-state index is 0.0380. The maximum absolute atomic E-state index is 13.2. The quantitative estimate of drug-likeness (QED) is 0.504. The van der Waals surface area contributed by atoms with Gasteiger partial charge in [0, 0.05) is 6.04 Å². The van der Waals surface area contributed by atoms with Gasteiger partial charge in [-0.05, 0) is 42.2 Å². The Morgan fingerprint density at radius 1 is 1.23 bits per heavy atom. The first-order valence-corrected chi connectivity index (χ1v) is 9.71. The zero-order valence-electron chi connectivity index (χ0n) is 16.0. The van der Waals surface area contributed by atoms with Gasteiger partial charge in [-0.1, -0.05) is 24.3 Å². The number of hydrogen-bond donors (Lipinski definition) is 2. The lowest BCUT2D eigenvalue weighted by Gasteiger charge is -2.09. The number of aromatic nitrogens is 3. The number of carboxylic acid groups (broad SMARTS) is 1. The molecule has 5 rings (SSSR count). The number of rotatable bonds is 6. The highest BCUT2D eigenvalue weighted by atomic mass is 19.1. The molecule has 0 bridgehead atoms. The van der Waals surface area contributed by atoms with Gasteiger partial charge in [-0.3, -0.25) is 0 Å². The normalized spacial score (nSPS) is 13.6. The molecular weight excluding hydrogens is 387 g/mol. The second-order valence-corrected chi connectivity index (χ2v) is 7.33. The lowest BCUT2D eigenvalue weighted by molar-refractivity contribution is 0.0697. The summed E-state index contributed by atoms with van der Waals surface area (Å²) in [6, 6.07) is 13.5. The largest absolute Gasteiger partial charge is 0.478 e. The fourth-order valence-corrected chi connectivity index (χ4v) is 4.03. The predicted octanol–water partition coefficient (Wildman–Crippen LogP) is 3.94. The number of oxazole rings is 1. The Morgan fingerprint density at radius 3 is 2.70 bits per heavy atom. The van der Waals surface area contributed by atoms with E-state index in [1.54, 1.807) is 16.8 Å². The first-order valence-electron chi connectivity index (χ1n) is 9.71. The number of aryl methyl sites for hydroxylation is 1. The monoisotopic (exact) mass is 406 g/mol. The molecule has 7 nitrogen and oxygen atoms in total. The highest BCUT2D eigenvalue weighted by Gasteiger charge is 2.23. The van der Waals surface area contributed by atoms with Gasteiger partial charge in [-0.25, -0.2) is 19.2 Å². The van der Waals surface area contributed by atoms with Crippen LogP contribution in [0.4, 0.5) is 10.4 Å². The molecule has 8 heteroatoms. The Labute approximate surface area is 171 Å². The van der Waals surface area contributed by atoms with Crippen molar-refractivity contribution in [2.75, 3.05) is 12.0 Å². The SMILES string of the molecule is O=C(O)c1ccc2nc(-c3cnc(NC4Cc5ccccc5C4)o3)n(CCF)c2c1. The molecule has 4 aromatic rings. The number of anilines is 1. The highest BCUT2D eigenvalue weighted by molar-refractivity contribution is 5.93. The van der Waals surface area contributed by atoms with Crippen molar-refractivity contribution in [2.45, 2.75) is 25.4 Å². The maximum atomic E-state index is 13.2. The molecule has 0 saturated carbocycles. The molecule has 0 fully saturated rings. The Balaban J connectivity index is 1.44. The number of benzene rings is 2. The van der Waals surface area contributed by atoms with E-state index in [-0.39, 0.29) is 18.2 Å².